The Bertz CT molecular complexity index is 1350. The molecule has 2 amide bonds. The molecule has 0 spiro atoms. The van der Waals surface area contributed by atoms with Crippen LogP contribution in [-0.4, -0.2) is 49.1 Å². The summed E-state index contributed by atoms with van der Waals surface area (Å²) < 4.78 is 27.3. The molecule has 1 aliphatic heterocycles. The first kappa shape index (κ1) is 29.5. The van der Waals surface area contributed by atoms with Crippen molar-refractivity contribution in [3.8, 4) is 0 Å². The number of carbonyl (C=O) groups is 2. The van der Waals surface area contributed by atoms with Crippen LogP contribution >= 0.6 is 0 Å². The largest absolute Gasteiger partial charge is 0.354 e. The normalized spacial score (nSPS) is 14.7. The Labute approximate surface area is 238 Å². The molecule has 1 fully saturated rings. The molecule has 4 rings (SSSR count). The second-order valence-electron chi connectivity index (χ2n) is 10.7. The van der Waals surface area contributed by atoms with Gasteiger partial charge in [-0.05, 0) is 54.0 Å². The number of hydrogen-bond acceptors (Lipinski definition) is 4. The van der Waals surface area contributed by atoms with Crippen molar-refractivity contribution in [3.63, 3.8) is 0 Å². The molecule has 7 nitrogen and oxygen atoms in total. The van der Waals surface area contributed by atoms with Crippen molar-refractivity contribution in [2.45, 2.75) is 57.0 Å². The van der Waals surface area contributed by atoms with E-state index in [0.29, 0.717) is 32.6 Å². The monoisotopic (exact) mass is 561 g/mol. The van der Waals surface area contributed by atoms with Crippen LogP contribution in [0.4, 0.5) is 0 Å². The number of hydrogen-bond donors (Lipinski definition) is 1. The number of carbonyl (C=O) groups excluding carboxylic acids is 2. The maximum atomic E-state index is 13.8. The maximum Gasteiger partial charge on any atom is 0.247 e. The Morgan fingerprint density at radius 2 is 1.45 bits per heavy atom. The van der Waals surface area contributed by atoms with E-state index >= 15 is 0 Å². The van der Waals surface area contributed by atoms with Crippen LogP contribution < -0.4 is 5.32 Å². The Hall–Kier alpha value is -3.49. The van der Waals surface area contributed by atoms with Gasteiger partial charge in [-0.3, -0.25) is 9.59 Å². The van der Waals surface area contributed by atoms with Gasteiger partial charge in [0.15, 0.2) is 0 Å². The minimum atomic E-state index is -3.48. The van der Waals surface area contributed by atoms with Crippen LogP contribution in [0, 0.1) is 5.92 Å². The van der Waals surface area contributed by atoms with Crippen molar-refractivity contribution in [3.05, 3.63) is 102 Å². The Balaban J connectivity index is 1.55. The molecule has 0 radical (unpaired) electrons. The molecule has 0 bridgehead atoms. The average Bonchev–Trinajstić information content (AvgIpc) is 3.52. The zero-order valence-corrected chi connectivity index (χ0v) is 24.1. The molecule has 1 N–H and O–H groups in total. The van der Waals surface area contributed by atoms with Crippen LogP contribution in [-0.2, 0) is 32.6 Å². The van der Waals surface area contributed by atoms with Gasteiger partial charge in [0.1, 0.15) is 6.04 Å². The van der Waals surface area contributed by atoms with E-state index in [2.05, 4.69) is 5.32 Å². The van der Waals surface area contributed by atoms with Crippen LogP contribution in [0.2, 0.25) is 0 Å². The molecule has 0 aliphatic carbocycles. The van der Waals surface area contributed by atoms with Gasteiger partial charge in [0.2, 0.25) is 21.8 Å². The summed E-state index contributed by atoms with van der Waals surface area (Å²) in [6.45, 7) is 5.99. The van der Waals surface area contributed by atoms with Crippen LogP contribution in [0.15, 0.2) is 89.8 Å². The summed E-state index contributed by atoms with van der Waals surface area (Å²) in [5.74, 6) is -0.0808. The lowest BCUT2D eigenvalue weighted by Crippen LogP contribution is -2.44. The van der Waals surface area contributed by atoms with E-state index in [1.54, 1.807) is 29.2 Å². The van der Waals surface area contributed by atoms with Crippen molar-refractivity contribution in [1.29, 1.82) is 0 Å². The molecule has 3 aromatic rings. The molecule has 1 heterocycles. The average molecular weight is 562 g/mol. The standard InChI is InChI=1S/C32H39N3O4S/c1-25(2)23-33-32(37)31(28-13-7-4-8-14-28)35(24-27-11-5-3-6-12-27)30(36)20-17-26-15-18-29(19-16-26)40(38,39)34-21-9-10-22-34/h3-8,11-16,18-19,25,31H,9-10,17,20-24H2,1-2H3,(H,33,37). The number of nitrogens with one attached hydrogen (secondary N) is 1. The number of nitrogens with zero attached hydrogens (tertiary/aromatic N) is 2. The highest BCUT2D eigenvalue weighted by Crippen LogP contribution is 2.26. The number of benzene rings is 3. The molecule has 3 aromatic carbocycles. The van der Waals surface area contributed by atoms with Gasteiger partial charge in [-0.1, -0.05) is 86.6 Å². The molecule has 1 saturated heterocycles. The maximum absolute atomic E-state index is 13.8. The highest BCUT2D eigenvalue weighted by molar-refractivity contribution is 7.89. The van der Waals surface area contributed by atoms with Crippen LogP contribution in [0.5, 0.6) is 0 Å². The third kappa shape index (κ3) is 7.58. The minimum Gasteiger partial charge on any atom is -0.354 e. The predicted octanol–water partition coefficient (Wildman–Crippen LogP) is 4.95. The van der Waals surface area contributed by atoms with Crippen molar-refractivity contribution >= 4 is 21.8 Å². The van der Waals surface area contributed by atoms with Crippen LogP contribution in [0.25, 0.3) is 0 Å². The summed E-state index contributed by atoms with van der Waals surface area (Å²) >= 11 is 0. The van der Waals surface area contributed by atoms with E-state index < -0.39 is 16.1 Å². The van der Waals surface area contributed by atoms with Gasteiger partial charge in [0.05, 0.1) is 4.90 Å². The van der Waals surface area contributed by atoms with Crippen molar-refractivity contribution in [2.75, 3.05) is 19.6 Å². The van der Waals surface area contributed by atoms with E-state index in [0.717, 1.165) is 29.5 Å². The first-order valence-electron chi connectivity index (χ1n) is 14.0. The van der Waals surface area contributed by atoms with E-state index in [1.807, 2.05) is 74.5 Å². The second kappa shape index (κ2) is 13.7. The molecule has 0 aromatic heterocycles. The van der Waals surface area contributed by atoms with Gasteiger partial charge >= 0.3 is 0 Å². The summed E-state index contributed by atoms with van der Waals surface area (Å²) in [5.41, 5.74) is 2.56. The van der Waals surface area contributed by atoms with E-state index in [-0.39, 0.29) is 29.0 Å². The van der Waals surface area contributed by atoms with E-state index in [9.17, 15) is 18.0 Å². The fraction of sp³-hybridized carbons (Fsp3) is 0.375. The van der Waals surface area contributed by atoms with Gasteiger partial charge in [-0.15, -0.1) is 0 Å². The zero-order valence-electron chi connectivity index (χ0n) is 23.3. The Kier molecular flexibility index (Phi) is 10.1. The second-order valence-corrected chi connectivity index (χ2v) is 12.7. The van der Waals surface area contributed by atoms with Crippen molar-refractivity contribution in [2.24, 2.45) is 5.92 Å². The fourth-order valence-corrected chi connectivity index (χ4v) is 6.43. The fourth-order valence-electron chi connectivity index (χ4n) is 4.91. The first-order chi connectivity index (χ1) is 19.3. The summed E-state index contributed by atoms with van der Waals surface area (Å²) in [6.07, 6.45) is 2.39. The van der Waals surface area contributed by atoms with Crippen molar-refractivity contribution in [1.82, 2.24) is 14.5 Å². The first-order valence-corrected chi connectivity index (χ1v) is 15.4. The van der Waals surface area contributed by atoms with E-state index in [1.165, 1.54) is 4.31 Å². The van der Waals surface area contributed by atoms with Gasteiger partial charge in [-0.2, -0.15) is 4.31 Å². The van der Waals surface area contributed by atoms with Crippen LogP contribution in [0.1, 0.15) is 55.8 Å². The molecular weight excluding hydrogens is 522 g/mol. The SMILES string of the molecule is CC(C)CNC(=O)C(c1ccccc1)N(Cc1ccccc1)C(=O)CCc1ccc(S(=O)(=O)N2CCCC2)cc1. The molecule has 8 heteroatoms. The molecule has 212 valence electrons. The molecule has 1 aliphatic rings. The summed E-state index contributed by atoms with van der Waals surface area (Å²) in [4.78, 5) is 29.3. The third-order valence-electron chi connectivity index (χ3n) is 7.13. The summed E-state index contributed by atoms with van der Waals surface area (Å²) in [5, 5.41) is 3.03. The topological polar surface area (TPSA) is 86.8 Å². The summed E-state index contributed by atoms with van der Waals surface area (Å²) in [6, 6.07) is 25.1. The number of rotatable bonds is 12. The minimum absolute atomic E-state index is 0.147. The highest BCUT2D eigenvalue weighted by Gasteiger charge is 2.31. The number of sulfonamides is 1. The van der Waals surface area contributed by atoms with Gasteiger partial charge in [-0.25, -0.2) is 8.42 Å². The van der Waals surface area contributed by atoms with E-state index in [4.69, 9.17) is 0 Å². The van der Waals surface area contributed by atoms with Crippen LogP contribution in [0.3, 0.4) is 0 Å². The lowest BCUT2D eigenvalue weighted by molar-refractivity contribution is -0.141. The lowest BCUT2D eigenvalue weighted by Gasteiger charge is -2.32. The third-order valence-corrected chi connectivity index (χ3v) is 9.04. The number of amides is 2. The predicted molar refractivity (Wildman–Crippen MR) is 157 cm³/mol. The van der Waals surface area contributed by atoms with Gasteiger partial charge in [0.25, 0.3) is 0 Å². The molecule has 1 unspecified atom stereocenters. The molecule has 1 atom stereocenters. The van der Waals surface area contributed by atoms with Gasteiger partial charge in [0, 0.05) is 32.6 Å². The summed E-state index contributed by atoms with van der Waals surface area (Å²) in [7, 11) is -3.48. The molecule has 40 heavy (non-hydrogen) atoms. The molecular formula is C32H39N3O4S. The lowest BCUT2D eigenvalue weighted by atomic mass is 10.0. The molecule has 0 saturated carbocycles. The quantitative estimate of drug-likeness (QED) is 0.339. The zero-order chi connectivity index (χ0) is 28.5. The van der Waals surface area contributed by atoms with Crippen molar-refractivity contribution < 1.29 is 18.0 Å². The smallest absolute Gasteiger partial charge is 0.247 e. The highest BCUT2D eigenvalue weighted by atomic mass is 32.2. The Morgan fingerprint density at radius 1 is 0.850 bits per heavy atom. The number of aryl methyl sites for hydroxylation is 1. The Morgan fingerprint density at radius 3 is 2.05 bits per heavy atom. The van der Waals surface area contributed by atoms with Gasteiger partial charge < -0.3 is 10.2 Å².